The average Bonchev–Trinajstić information content (AvgIpc) is 3.02. The first-order chi connectivity index (χ1) is 11.0. The zero-order chi connectivity index (χ0) is 16.4. The molecule has 2 aromatic carbocycles. The standard InChI is InChI=1S/C18H18ClN3O/c1-11-4-7-14(8-5-11)18-22-21-17(23-18)13(3)20-15-9-6-12(2)16(19)10-15/h4-10,13,20H,1-3H3. The molecule has 0 spiro atoms. The van der Waals surface area contributed by atoms with Gasteiger partial charge in [-0.3, -0.25) is 0 Å². The highest BCUT2D eigenvalue weighted by Crippen LogP contribution is 2.25. The van der Waals surface area contributed by atoms with Crippen molar-refractivity contribution in [2.24, 2.45) is 0 Å². The molecule has 1 heterocycles. The van der Waals surface area contributed by atoms with Crippen LogP contribution >= 0.6 is 11.6 Å². The number of rotatable bonds is 4. The summed E-state index contributed by atoms with van der Waals surface area (Å²) in [5, 5.41) is 12.3. The second-order valence-electron chi connectivity index (χ2n) is 5.64. The van der Waals surface area contributed by atoms with E-state index < -0.39 is 0 Å². The molecule has 23 heavy (non-hydrogen) atoms. The van der Waals surface area contributed by atoms with E-state index in [1.54, 1.807) is 0 Å². The second kappa shape index (κ2) is 6.42. The lowest BCUT2D eigenvalue weighted by molar-refractivity contribution is 0.485. The average molecular weight is 328 g/mol. The van der Waals surface area contributed by atoms with Gasteiger partial charge in [-0.25, -0.2) is 0 Å². The fourth-order valence-corrected chi connectivity index (χ4v) is 2.40. The molecule has 4 nitrogen and oxygen atoms in total. The van der Waals surface area contributed by atoms with Crippen LogP contribution in [-0.2, 0) is 0 Å². The van der Waals surface area contributed by atoms with Crippen molar-refractivity contribution >= 4 is 17.3 Å². The van der Waals surface area contributed by atoms with Gasteiger partial charge in [0, 0.05) is 16.3 Å². The first-order valence-corrected chi connectivity index (χ1v) is 7.84. The SMILES string of the molecule is Cc1ccc(-c2nnc(C(C)Nc3ccc(C)c(Cl)c3)o2)cc1. The Balaban J connectivity index is 1.76. The zero-order valence-electron chi connectivity index (χ0n) is 13.3. The van der Waals surface area contributed by atoms with Gasteiger partial charge >= 0.3 is 0 Å². The Morgan fingerprint density at radius 3 is 2.48 bits per heavy atom. The lowest BCUT2D eigenvalue weighted by Gasteiger charge is -2.12. The van der Waals surface area contributed by atoms with Gasteiger partial charge in [0.25, 0.3) is 0 Å². The van der Waals surface area contributed by atoms with E-state index in [0.717, 1.165) is 21.8 Å². The van der Waals surface area contributed by atoms with E-state index in [-0.39, 0.29) is 6.04 Å². The van der Waals surface area contributed by atoms with E-state index in [4.69, 9.17) is 16.0 Å². The van der Waals surface area contributed by atoms with Gasteiger partial charge in [-0.15, -0.1) is 10.2 Å². The van der Waals surface area contributed by atoms with Crippen molar-refractivity contribution in [1.82, 2.24) is 10.2 Å². The number of nitrogens with one attached hydrogen (secondary N) is 1. The summed E-state index contributed by atoms with van der Waals surface area (Å²) in [5.41, 5.74) is 4.08. The number of hydrogen-bond acceptors (Lipinski definition) is 4. The van der Waals surface area contributed by atoms with Crippen molar-refractivity contribution in [2.45, 2.75) is 26.8 Å². The third-order valence-electron chi connectivity index (χ3n) is 3.66. The molecule has 5 heteroatoms. The van der Waals surface area contributed by atoms with Crippen LogP contribution in [0.4, 0.5) is 5.69 Å². The van der Waals surface area contributed by atoms with Crippen LogP contribution in [0.2, 0.25) is 5.02 Å². The highest BCUT2D eigenvalue weighted by molar-refractivity contribution is 6.31. The van der Waals surface area contributed by atoms with E-state index in [0.29, 0.717) is 11.8 Å². The summed E-state index contributed by atoms with van der Waals surface area (Å²) in [4.78, 5) is 0. The minimum absolute atomic E-state index is 0.111. The summed E-state index contributed by atoms with van der Waals surface area (Å²) in [6.07, 6.45) is 0. The highest BCUT2D eigenvalue weighted by atomic mass is 35.5. The lowest BCUT2D eigenvalue weighted by atomic mass is 10.1. The van der Waals surface area contributed by atoms with Gasteiger partial charge in [-0.2, -0.15) is 0 Å². The molecular weight excluding hydrogens is 310 g/mol. The molecule has 0 aliphatic rings. The maximum Gasteiger partial charge on any atom is 0.247 e. The molecule has 0 saturated carbocycles. The fraction of sp³-hybridized carbons (Fsp3) is 0.222. The number of nitrogens with zero attached hydrogens (tertiary/aromatic N) is 2. The summed E-state index contributed by atoms with van der Waals surface area (Å²) in [6.45, 7) is 5.99. The van der Waals surface area contributed by atoms with Crippen LogP contribution in [0, 0.1) is 13.8 Å². The summed E-state index contributed by atoms with van der Waals surface area (Å²) in [5.74, 6) is 1.06. The number of aromatic nitrogens is 2. The van der Waals surface area contributed by atoms with Crippen molar-refractivity contribution in [3.05, 3.63) is 64.5 Å². The van der Waals surface area contributed by atoms with E-state index in [1.807, 2.05) is 63.2 Å². The van der Waals surface area contributed by atoms with Crippen molar-refractivity contribution in [2.75, 3.05) is 5.32 Å². The fourth-order valence-electron chi connectivity index (χ4n) is 2.22. The monoisotopic (exact) mass is 327 g/mol. The molecule has 0 aliphatic heterocycles. The van der Waals surface area contributed by atoms with E-state index in [1.165, 1.54) is 5.56 Å². The topological polar surface area (TPSA) is 51.0 Å². The number of anilines is 1. The first kappa shape index (κ1) is 15.6. The van der Waals surface area contributed by atoms with Gasteiger partial charge in [-0.1, -0.05) is 35.4 Å². The van der Waals surface area contributed by atoms with Crippen molar-refractivity contribution in [1.29, 1.82) is 0 Å². The molecule has 1 atom stereocenters. The predicted octanol–water partition coefficient (Wildman–Crippen LogP) is 5.18. The van der Waals surface area contributed by atoms with Crippen LogP contribution in [0.3, 0.4) is 0 Å². The number of halogens is 1. The maximum absolute atomic E-state index is 6.15. The van der Waals surface area contributed by atoms with E-state index in [9.17, 15) is 0 Å². The Morgan fingerprint density at radius 1 is 1.04 bits per heavy atom. The molecule has 1 N–H and O–H groups in total. The van der Waals surface area contributed by atoms with Gasteiger partial charge in [0.05, 0.1) is 0 Å². The molecule has 118 valence electrons. The van der Waals surface area contributed by atoms with E-state index >= 15 is 0 Å². The number of aryl methyl sites for hydroxylation is 2. The summed E-state index contributed by atoms with van der Waals surface area (Å²) in [6, 6.07) is 13.7. The Labute approximate surface area is 140 Å². The van der Waals surface area contributed by atoms with Crippen LogP contribution in [0.15, 0.2) is 46.9 Å². The van der Waals surface area contributed by atoms with Gasteiger partial charge in [0.2, 0.25) is 11.8 Å². The van der Waals surface area contributed by atoms with Crippen LogP contribution in [0.1, 0.15) is 30.0 Å². The smallest absolute Gasteiger partial charge is 0.247 e. The molecule has 3 aromatic rings. The highest BCUT2D eigenvalue weighted by Gasteiger charge is 2.15. The van der Waals surface area contributed by atoms with Gasteiger partial charge in [0.15, 0.2) is 0 Å². The third-order valence-corrected chi connectivity index (χ3v) is 4.07. The summed E-state index contributed by atoms with van der Waals surface area (Å²) >= 11 is 6.15. The third kappa shape index (κ3) is 3.54. The van der Waals surface area contributed by atoms with Gasteiger partial charge < -0.3 is 9.73 Å². The quantitative estimate of drug-likeness (QED) is 0.717. The zero-order valence-corrected chi connectivity index (χ0v) is 14.1. The molecular formula is C18H18ClN3O. The Hall–Kier alpha value is -2.33. The molecule has 3 rings (SSSR count). The molecule has 0 saturated heterocycles. The summed E-state index contributed by atoms with van der Waals surface area (Å²) < 4.78 is 5.78. The molecule has 0 aliphatic carbocycles. The maximum atomic E-state index is 6.15. The second-order valence-corrected chi connectivity index (χ2v) is 6.05. The Morgan fingerprint density at radius 2 is 1.78 bits per heavy atom. The molecule has 1 aromatic heterocycles. The molecule has 0 radical (unpaired) electrons. The lowest BCUT2D eigenvalue weighted by Crippen LogP contribution is -2.07. The van der Waals surface area contributed by atoms with Crippen LogP contribution in [-0.4, -0.2) is 10.2 Å². The van der Waals surface area contributed by atoms with E-state index in [2.05, 4.69) is 15.5 Å². The van der Waals surface area contributed by atoms with Gasteiger partial charge in [-0.05, 0) is 50.6 Å². The first-order valence-electron chi connectivity index (χ1n) is 7.46. The minimum atomic E-state index is -0.111. The van der Waals surface area contributed by atoms with Crippen molar-refractivity contribution < 1.29 is 4.42 Å². The molecule has 0 bridgehead atoms. The largest absolute Gasteiger partial charge is 0.418 e. The normalized spacial score (nSPS) is 12.2. The number of hydrogen-bond donors (Lipinski definition) is 1. The molecule has 0 amide bonds. The van der Waals surface area contributed by atoms with Gasteiger partial charge in [0.1, 0.15) is 6.04 Å². The van der Waals surface area contributed by atoms with Crippen LogP contribution < -0.4 is 5.32 Å². The Bertz CT molecular complexity index is 811. The number of benzene rings is 2. The molecule has 1 unspecified atom stereocenters. The van der Waals surface area contributed by atoms with Crippen molar-refractivity contribution in [3.63, 3.8) is 0 Å². The minimum Gasteiger partial charge on any atom is -0.418 e. The molecule has 0 fully saturated rings. The van der Waals surface area contributed by atoms with Crippen LogP contribution in [0.25, 0.3) is 11.5 Å². The Kier molecular flexibility index (Phi) is 4.35. The van der Waals surface area contributed by atoms with Crippen molar-refractivity contribution in [3.8, 4) is 11.5 Å². The summed E-state index contributed by atoms with van der Waals surface area (Å²) in [7, 11) is 0. The van der Waals surface area contributed by atoms with Crippen LogP contribution in [0.5, 0.6) is 0 Å². The predicted molar refractivity (Wildman–Crippen MR) is 92.7 cm³/mol.